The molecule has 0 aromatic heterocycles. The molecule has 130 valence electrons. The predicted molar refractivity (Wildman–Crippen MR) is 91.2 cm³/mol. The molecule has 1 fully saturated rings. The second-order valence-corrected chi connectivity index (χ2v) is 7.21. The van der Waals surface area contributed by atoms with Gasteiger partial charge in [0.2, 0.25) is 0 Å². The van der Waals surface area contributed by atoms with Crippen LogP contribution in [0.4, 0.5) is 4.79 Å². The Morgan fingerprint density at radius 2 is 1.86 bits per heavy atom. The highest BCUT2D eigenvalue weighted by Gasteiger charge is 2.18. The van der Waals surface area contributed by atoms with Gasteiger partial charge in [0.05, 0.1) is 0 Å². The third-order valence-corrected chi connectivity index (χ3v) is 3.87. The van der Waals surface area contributed by atoms with Crippen LogP contribution in [0.1, 0.15) is 59.8 Å². The normalized spacial score (nSPS) is 17.5. The molecule has 0 bridgehead atoms. The molecule has 22 heavy (non-hydrogen) atoms. The SMILES string of the molecule is CCCCN1CCC(NCCCNC(=O)OC(C)(C)C)CC1. The van der Waals surface area contributed by atoms with E-state index in [2.05, 4.69) is 22.5 Å². The van der Waals surface area contributed by atoms with Gasteiger partial charge in [0.1, 0.15) is 5.60 Å². The Labute approximate surface area is 136 Å². The Hall–Kier alpha value is -0.810. The van der Waals surface area contributed by atoms with Crippen LogP contribution in [0.5, 0.6) is 0 Å². The first-order valence-electron chi connectivity index (χ1n) is 8.83. The van der Waals surface area contributed by atoms with Crippen molar-refractivity contribution >= 4 is 6.09 Å². The van der Waals surface area contributed by atoms with Gasteiger partial charge in [-0.05, 0) is 72.6 Å². The Bertz CT molecular complexity index is 308. The molecule has 1 heterocycles. The maximum absolute atomic E-state index is 11.5. The quantitative estimate of drug-likeness (QED) is 0.677. The van der Waals surface area contributed by atoms with E-state index >= 15 is 0 Å². The molecule has 2 N–H and O–H groups in total. The second-order valence-electron chi connectivity index (χ2n) is 7.21. The monoisotopic (exact) mass is 313 g/mol. The second kappa shape index (κ2) is 10.1. The van der Waals surface area contributed by atoms with E-state index in [0.717, 1.165) is 13.0 Å². The molecule has 1 rings (SSSR count). The summed E-state index contributed by atoms with van der Waals surface area (Å²) in [5, 5.41) is 6.40. The van der Waals surface area contributed by atoms with E-state index in [0.29, 0.717) is 12.6 Å². The fourth-order valence-electron chi connectivity index (χ4n) is 2.64. The molecule has 1 saturated heterocycles. The van der Waals surface area contributed by atoms with Crippen molar-refractivity contribution < 1.29 is 9.53 Å². The van der Waals surface area contributed by atoms with Gasteiger partial charge >= 0.3 is 6.09 Å². The average molecular weight is 313 g/mol. The number of nitrogens with zero attached hydrogens (tertiary/aromatic N) is 1. The average Bonchev–Trinajstić information content (AvgIpc) is 2.44. The van der Waals surface area contributed by atoms with Crippen LogP contribution in [0.3, 0.4) is 0 Å². The van der Waals surface area contributed by atoms with Crippen LogP contribution in [0.15, 0.2) is 0 Å². The molecule has 5 nitrogen and oxygen atoms in total. The van der Waals surface area contributed by atoms with Crippen molar-refractivity contribution in [2.45, 2.75) is 71.4 Å². The third-order valence-electron chi connectivity index (χ3n) is 3.87. The highest BCUT2D eigenvalue weighted by Crippen LogP contribution is 2.11. The number of hydrogen-bond donors (Lipinski definition) is 2. The zero-order chi connectivity index (χ0) is 16.4. The maximum atomic E-state index is 11.5. The molecular formula is C17H35N3O2. The van der Waals surface area contributed by atoms with Gasteiger partial charge < -0.3 is 20.3 Å². The zero-order valence-corrected chi connectivity index (χ0v) is 14.9. The van der Waals surface area contributed by atoms with E-state index in [1.165, 1.54) is 45.3 Å². The molecule has 0 radical (unpaired) electrons. The molecule has 0 atom stereocenters. The molecule has 1 aliphatic rings. The van der Waals surface area contributed by atoms with Crippen molar-refractivity contribution in [3.63, 3.8) is 0 Å². The van der Waals surface area contributed by atoms with Crippen LogP contribution in [-0.4, -0.2) is 55.4 Å². The summed E-state index contributed by atoms with van der Waals surface area (Å²) in [5.74, 6) is 0. The van der Waals surface area contributed by atoms with Crippen LogP contribution < -0.4 is 10.6 Å². The Morgan fingerprint density at radius 1 is 1.18 bits per heavy atom. The largest absolute Gasteiger partial charge is 0.444 e. The summed E-state index contributed by atoms with van der Waals surface area (Å²) in [6, 6.07) is 0.638. The van der Waals surface area contributed by atoms with E-state index < -0.39 is 5.60 Å². The number of carbonyl (C=O) groups excluding carboxylic acids is 1. The van der Waals surface area contributed by atoms with Crippen LogP contribution in [0.25, 0.3) is 0 Å². The minimum Gasteiger partial charge on any atom is -0.444 e. The first-order chi connectivity index (χ1) is 10.4. The van der Waals surface area contributed by atoms with E-state index in [9.17, 15) is 4.79 Å². The van der Waals surface area contributed by atoms with E-state index in [1.807, 2.05) is 20.8 Å². The van der Waals surface area contributed by atoms with Gasteiger partial charge in [-0.1, -0.05) is 13.3 Å². The molecule has 1 aliphatic heterocycles. The maximum Gasteiger partial charge on any atom is 0.407 e. The van der Waals surface area contributed by atoms with E-state index in [4.69, 9.17) is 4.74 Å². The predicted octanol–water partition coefficient (Wildman–Crippen LogP) is 2.76. The van der Waals surface area contributed by atoms with E-state index in [1.54, 1.807) is 0 Å². The van der Waals surface area contributed by atoms with Crippen molar-refractivity contribution in [2.75, 3.05) is 32.7 Å². The van der Waals surface area contributed by atoms with Crippen LogP contribution in [0.2, 0.25) is 0 Å². The van der Waals surface area contributed by atoms with Crippen molar-refractivity contribution in [2.24, 2.45) is 0 Å². The summed E-state index contributed by atoms with van der Waals surface area (Å²) in [4.78, 5) is 14.1. The topological polar surface area (TPSA) is 53.6 Å². The zero-order valence-electron chi connectivity index (χ0n) is 14.9. The summed E-state index contributed by atoms with van der Waals surface area (Å²) in [6.45, 7) is 13.2. The fraction of sp³-hybridized carbons (Fsp3) is 0.941. The minimum absolute atomic E-state index is 0.322. The number of alkyl carbamates (subject to hydrolysis) is 1. The number of hydrogen-bond acceptors (Lipinski definition) is 4. The molecule has 0 aromatic carbocycles. The number of likely N-dealkylation sites (tertiary alicyclic amines) is 1. The summed E-state index contributed by atoms with van der Waals surface area (Å²) in [5.41, 5.74) is -0.423. The Balaban J connectivity index is 1.99. The van der Waals surface area contributed by atoms with Crippen LogP contribution in [0, 0.1) is 0 Å². The first-order valence-corrected chi connectivity index (χ1v) is 8.83. The van der Waals surface area contributed by atoms with E-state index in [-0.39, 0.29) is 6.09 Å². The van der Waals surface area contributed by atoms with Gasteiger partial charge in [-0.2, -0.15) is 0 Å². The summed E-state index contributed by atoms with van der Waals surface area (Å²) < 4.78 is 5.20. The van der Waals surface area contributed by atoms with Gasteiger partial charge in [0.25, 0.3) is 0 Å². The summed E-state index contributed by atoms with van der Waals surface area (Å²) in [6.07, 6.45) is 5.69. The van der Waals surface area contributed by atoms with Gasteiger partial charge in [0.15, 0.2) is 0 Å². The lowest BCUT2D eigenvalue weighted by Gasteiger charge is -2.32. The van der Waals surface area contributed by atoms with Crippen LogP contribution in [-0.2, 0) is 4.74 Å². The highest BCUT2D eigenvalue weighted by atomic mass is 16.6. The summed E-state index contributed by atoms with van der Waals surface area (Å²) in [7, 11) is 0. The summed E-state index contributed by atoms with van der Waals surface area (Å²) >= 11 is 0. The fourth-order valence-corrected chi connectivity index (χ4v) is 2.64. The number of amides is 1. The molecule has 0 spiro atoms. The molecule has 0 aromatic rings. The standard InChI is InChI=1S/C17H35N3O2/c1-5-6-12-20-13-8-15(9-14-20)18-10-7-11-19-16(21)22-17(2,3)4/h15,18H,5-14H2,1-4H3,(H,19,21). The lowest BCUT2D eigenvalue weighted by molar-refractivity contribution is 0.0527. The number of ether oxygens (including phenoxy) is 1. The molecule has 0 aliphatic carbocycles. The third kappa shape index (κ3) is 9.26. The molecule has 0 unspecified atom stereocenters. The molecular weight excluding hydrogens is 278 g/mol. The number of piperidine rings is 1. The Morgan fingerprint density at radius 3 is 2.45 bits per heavy atom. The van der Waals surface area contributed by atoms with Crippen LogP contribution >= 0.6 is 0 Å². The smallest absolute Gasteiger partial charge is 0.407 e. The van der Waals surface area contributed by atoms with Crippen molar-refractivity contribution in [3.8, 4) is 0 Å². The minimum atomic E-state index is -0.423. The number of rotatable bonds is 8. The molecule has 5 heteroatoms. The number of carbonyl (C=O) groups is 1. The van der Waals surface area contributed by atoms with Gasteiger partial charge in [0, 0.05) is 12.6 Å². The molecule has 0 saturated carbocycles. The van der Waals surface area contributed by atoms with Crippen molar-refractivity contribution in [1.29, 1.82) is 0 Å². The highest BCUT2D eigenvalue weighted by molar-refractivity contribution is 5.67. The lowest BCUT2D eigenvalue weighted by Crippen LogP contribution is -2.43. The Kier molecular flexibility index (Phi) is 8.79. The first kappa shape index (κ1) is 19.2. The van der Waals surface area contributed by atoms with Gasteiger partial charge in [-0.3, -0.25) is 0 Å². The molecule has 1 amide bonds. The number of nitrogens with one attached hydrogen (secondary N) is 2. The number of unbranched alkanes of at least 4 members (excludes halogenated alkanes) is 1. The van der Waals surface area contributed by atoms with Gasteiger partial charge in [-0.25, -0.2) is 4.79 Å². The lowest BCUT2D eigenvalue weighted by atomic mass is 10.0. The van der Waals surface area contributed by atoms with Gasteiger partial charge in [-0.15, -0.1) is 0 Å². The van der Waals surface area contributed by atoms with Crippen molar-refractivity contribution in [1.82, 2.24) is 15.5 Å². The van der Waals surface area contributed by atoms with Crippen molar-refractivity contribution in [3.05, 3.63) is 0 Å².